The summed E-state index contributed by atoms with van der Waals surface area (Å²) in [5, 5.41) is 12.7. The minimum Gasteiger partial charge on any atom is -0.480 e. The molecule has 1 spiro atoms. The van der Waals surface area contributed by atoms with Crippen LogP contribution in [0.3, 0.4) is 0 Å². The van der Waals surface area contributed by atoms with Crippen molar-refractivity contribution in [1.29, 1.82) is 0 Å². The molecule has 2 aliphatic heterocycles. The van der Waals surface area contributed by atoms with E-state index in [0.717, 1.165) is 5.57 Å². The van der Waals surface area contributed by atoms with Gasteiger partial charge in [-0.05, 0) is 66.4 Å². The van der Waals surface area contributed by atoms with Gasteiger partial charge in [0.2, 0.25) is 17.9 Å². The maximum atomic E-state index is 14.4. The lowest BCUT2D eigenvalue weighted by molar-refractivity contribution is -0.198. The van der Waals surface area contributed by atoms with Crippen molar-refractivity contribution in [1.82, 2.24) is 15.3 Å². The fourth-order valence-electron chi connectivity index (χ4n) is 5.49. The third-order valence-corrected chi connectivity index (χ3v) is 7.74. The first-order valence-corrected chi connectivity index (χ1v) is 13.0. The summed E-state index contributed by atoms with van der Waals surface area (Å²) in [6.07, 6.45) is -0.313. The Morgan fingerprint density at radius 3 is 2.72 bits per heavy atom. The van der Waals surface area contributed by atoms with E-state index < -0.39 is 24.3 Å². The van der Waals surface area contributed by atoms with E-state index in [1.165, 1.54) is 24.3 Å². The zero-order valence-corrected chi connectivity index (χ0v) is 21.7. The third-order valence-electron chi connectivity index (χ3n) is 7.50. The molecule has 0 unspecified atom stereocenters. The standard InChI is InChI=1S/C27H28ClF3N4O4/c28-17-3-4-18(19(10-17)16-2-1-9-38-13-16)23(27(29,30)31)39-22-11-20(34-25(32)35-22)15-5-7-26(8-6-15)12-21(24(36)37)33-14-26/h2-5,10-11,21,23,33H,1,6-9,12-14H2,(H,36,37)(H2,32,34,35)/t21-,23+,26-/m0/s1. The molecule has 4 N–H and O–H groups in total. The number of hydrogen-bond acceptors (Lipinski definition) is 7. The van der Waals surface area contributed by atoms with Crippen molar-refractivity contribution in [3.63, 3.8) is 0 Å². The number of halogens is 4. The summed E-state index contributed by atoms with van der Waals surface area (Å²) in [6.45, 7) is 1.25. The fraction of sp³-hybridized carbons (Fsp3) is 0.444. The van der Waals surface area contributed by atoms with Gasteiger partial charge in [0.1, 0.15) is 6.04 Å². The van der Waals surface area contributed by atoms with Crippen molar-refractivity contribution in [3.8, 4) is 5.88 Å². The molecule has 1 saturated heterocycles. The summed E-state index contributed by atoms with van der Waals surface area (Å²) in [5.74, 6) is -1.38. The first kappa shape index (κ1) is 27.4. The molecule has 1 aliphatic carbocycles. The summed E-state index contributed by atoms with van der Waals surface area (Å²) in [4.78, 5) is 19.5. The predicted molar refractivity (Wildman–Crippen MR) is 139 cm³/mol. The van der Waals surface area contributed by atoms with Crippen molar-refractivity contribution in [2.75, 3.05) is 25.5 Å². The van der Waals surface area contributed by atoms with Gasteiger partial charge in [0.05, 0.1) is 18.9 Å². The van der Waals surface area contributed by atoms with Crippen LogP contribution in [0.5, 0.6) is 5.88 Å². The highest BCUT2D eigenvalue weighted by Crippen LogP contribution is 2.45. The van der Waals surface area contributed by atoms with E-state index in [-0.39, 0.29) is 29.4 Å². The number of allylic oxidation sites excluding steroid dienone is 2. The molecule has 0 amide bonds. The number of carboxylic acid groups (broad SMARTS) is 1. The van der Waals surface area contributed by atoms with Crippen LogP contribution in [0.4, 0.5) is 19.1 Å². The molecule has 8 nitrogen and oxygen atoms in total. The van der Waals surface area contributed by atoms with Crippen LogP contribution in [0.25, 0.3) is 11.1 Å². The topological polar surface area (TPSA) is 120 Å². The van der Waals surface area contributed by atoms with Crippen molar-refractivity contribution >= 4 is 34.7 Å². The van der Waals surface area contributed by atoms with Gasteiger partial charge in [-0.1, -0.05) is 29.8 Å². The van der Waals surface area contributed by atoms with Gasteiger partial charge in [0.25, 0.3) is 0 Å². The molecule has 0 bridgehead atoms. The van der Waals surface area contributed by atoms with Gasteiger partial charge in [-0.3, -0.25) is 4.79 Å². The molecule has 12 heteroatoms. The van der Waals surface area contributed by atoms with E-state index in [0.29, 0.717) is 67.1 Å². The predicted octanol–water partition coefficient (Wildman–Crippen LogP) is 5.20. The molecular weight excluding hydrogens is 537 g/mol. The fourth-order valence-corrected chi connectivity index (χ4v) is 5.66. The molecule has 208 valence electrons. The van der Waals surface area contributed by atoms with Crippen LogP contribution in [0, 0.1) is 5.41 Å². The molecule has 3 atom stereocenters. The van der Waals surface area contributed by atoms with Gasteiger partial charge >= 0.3 is 12.1 Å². The molecule has 3 aliphatic rings. The van der Waals surface area contributed by atoms with Crippen molar-refractivity contribution in [2.24, 2.45) is 5.41 Å². The number of nitrogens with zero attached hydrogens (tertiary/aromatic N) is 2. The zero-order chi connectivity index (χ0) is 27.8. The second-order valence-corrected chi connectivity index (χ2v) is 10.6. The summed E-state index contributed by atoms with van der Waals surface area (Å²) in [6, 6.07) is 4.96. The number of nitrogen functional groups attached to an aromatic ring is 1. The lowest BCUT2D eigenvalue weighted by atomic mass is 9.73. The second kappa shape index (κ2) is 10.8. The van der Waals surface area contributed by atoms with E-state index in [1.807, 2.05) is 12.2 Å². The maximum absolute atomic E-state index is 14.4. The van der Waals surface area contributed by atoms with Gasteiger partial charge in [-0.2, -0.15) is 18.2 Å². The Morgan fingerprint density at radius 1 is 1.26 bits per heavy atom. The van der Waals surface area contributed by atoms with Crippen LogP contribution in [0.15, 0.2) is 36.4 Å². The SMILES string of the molecule is Nc1nc(O[C@H](c2ccc(Cl)cc2C2=CCCOC2)C(F)(F)F)cc(C2=CC[C@@]3(CC2)CN[C@H](C(=O)O)C3)n1. The molecule has 2 aromatic rings. The number of benzene rings is 1. The number of ether oxygens (including phenoxy) is 2. The Kier molecular flexibility index (Phi) is 7.58. The molecular formula is C27H28ClF3N4O4. The van der Waals surface area contributed by atoms with Crippen molar-refractivity contribution in [2.45, 2.75) is 50.4 Å². The monoisotopic (exact) mass is 564 g/mol. The van der Waals surface area contributed by atoms with E-state index >= 15 is 0 Å². The van der Waals surface area contributed by atoms with Gasteiger partial charge in [0.15, 0.2) is 0 Å². The number of hydrogen-bond donors (Lipinski definition) is 3. The van der Waals surface area contributed by atoms with E-state index in [4.69, 9.17) is 26.8 Å². The maximum Gasteiger partial charge on any atom is 0.429 e. The van der Waals surface area contributed by atoms with Crippen LogP contribution in [-0.2, 0) is 9.53 Å². The summed E-state index contributed by atoms with van der Waals surface area (Å²) >= 11 is 6.14. The van der Waals surface area contributed by atoms with Crippen molar-refractivity contribution in [3.05, 3.63) is 58.3 Å². The number of alkyl halides is 3. The molecule has 1 aromatic carbocycles. The minimum atomic E-state index is -4.77. The highest BCUT2D eigenvalue weighted by atomic mass is 35.5. The Hall–Kier alpha value is -3.15. The molecule has 1 fully saturated rings. The van der Waals surface area contributed by atoms with Gasteiger partial charge < -0.3 is 25.6 Å². The summed E-state index contributed by atoms with van der Waals surface area (Å²) in [7, 11) is 0. The van der Waals surface area contributed by atoms with Gasteiger partial charge in [0, 0.05) is 23.2 Å². The van der Waals surface area contributed by atoms with Gasteiger partial charge in [-0.15, -0.1) is 0 Å². The lowest BCUT2D eigenvalue weighted by Gasteiger charge is -2.32. The molecule has 3 heterocycles. The van der Waals surface area contributed by atoms with Crippen molar-refractivity contribution < 1.29 is 32.5 Å². The van der Waals surface area contributed by atoms with Crippen LogP contribution < -0.4 is 15.8 Å². The first-order chi connectivity index (χ1) is 18.5. The Morgan fingerprint density at radius 2 is 2.08 bits per heavy atom. The molecule has 5 rings (SSSR count). The normalized spacial score (nSPS) is 24.3. The second-order valence-electron chi connectivity index (χ2n) is 10.2. The van der Waals surface area contributed by atoms with E-state index in [9.17, 15) is 23.1 Å². The smallest absolute Gasteiger partial charge is 0.429 e. The Bertz CT molecular complexity index is 1330. The van der Waals surface area contributed by atoms with Crippen LogP contribution in [0.1, 0.15) is 55.0 Å². The van der Waals surface area contributed by atoms with Crippen LogP contribution in [-0.4, -0.2) is 53.0 Å². The number of nitrogens with one attached hydrogen (secondary N) is 1. The highest BCUT2D eigenvalue weighted by molar-refractivity contribution is 6.30. The number of rotatable bonds is 6. The minimum absolute atomic E-state index is 0.108. The molecule has 0 radical (unpaired) electrons. The number of carbonyl (C=O) groups is 1. The van der Waals surface area contributed by atoms with E-state index in [1.54, 1.807) is 0 Å². The first-order valence-electron chi connectivity index (χ1n) is 12.6. The summed E-state index contributed by atoms with van der Waals surface area (Å²) in [5.41, 5.74) is 7.71. The lowest BCUT2D eigenvalue weighted by Crippen LogP contribution is -2.30. The number of aromatic nitrogens is 2. The Balaban J connectivity index is 1.43. The number of carboxylic acids is 1. The molecule has 39 heavy (non-hydrogen) atoms. The average Bonchev–Trinajstić information content (AvgIpc) is 3.31. The average molecular weight is 565 g/mol. The highest BCUT2D eigenvalue weighted by Gasteiger charge is 2.45. The zero-order valence-electron chi connectivity index (χ0n) is 20.9. The van der Waals surface area contributed by atoms with Gasteiger partial charge in [-0.25, -0.2) is 4.98 Å². The quantitative estimate of drug-likeness (QED) is 0.438. The summed E-state index contributed by atoms with van der Waals surface area (Å²) < 4.78 is 54.2. The van der Waals surface area contributed by atoms with Crippen LogP contribution in [0.2, 0.25) is 5.02 Å². The number of aliphatic carboxylic acids is 1. The molecule has 1 aromatic heterocycles. The number of nitrogens with two attached hydrogens (primary N) is 1. The largest absolute Gasteiger partial charge is 0.480 e. The van der Waals surface area contributed by atoms with E-state index in [2.05, 4.69) is 15.3 Å². The van der Waals surface area contributed by atoms with Crippen LogP contribution >= 0.6 is 11.6 Å². The third kappa shape index (κ3) is 6.05. The molecule has 0 saturated carbocycles. The Labute approximate surface area is 228 Å². The number of anilines is 1.